The van der Waals surface area contributed by atoms with E-state index in [1.807, 2.05) is 13.8 Å². The molecule has 10 atom stereocenters. The Bertz CT molecular complexity index is 659. The molecule has 0 aromatic heterocycles. The summed E-state index contributed by atoms with van der Waals surface area (Å²) in [5.41, 5.74) is -0.243. The maximum Gasteiger partial charge on any atom is 0.163 e. The summed E-state index contributed by atoms with van der Waals surface area (Å²) in [6, 6.07) is 0. The number of ether oxygens (including phenoxy) is 2. The minimum Gasteiger partial charge on any atom is -0.390 e. The van der Waals surface area contributed by atoms with Crippen LogP contribution in [0.25, 0.3) is 0 Å². The first-order valence-corrected chi connectivity index (χ1v) is 11.2. The lowest BCUT2D eigenvalue weighted by molar-refractivity contribution is -0.217. The van der Waals surface area contributed by atoms with E-state index in [4.69, 9.17) is 9.47 Å². The zero-order valence-corrected chi connectivity index (χ0v) is 17.5. The Morgan fingerprint density at radius 1 is 0.926 bits per heavy atom. The molecule has 1 saturated heterocycles. The molecule has 27 heavy (non-hydrogen) atoms. The molecule has 0 aromatic rings. The van der Waals surface area contributed by atoms with E-state index in [9.17, 15) is 9.90 Å². The highest BCUT2D eigenvalue weighted by molar-refractivity contribution is 5.87. The van der Waals surface area contributed by atoms with Crippen LogP contribution in [-0.2, 0) is 14.3 Å². The third-order valence-electron chi connectivity index (χ3n) is 9.82. The van der Waals surface area contributed by atoms with Crippen molar-refractivity contribution in [3.63, 3.8) is 0 Å². The topological polar surface area (TPSA) is 55.8 Å². The molecule has 4 heteroatoms. The molecule has 1 N–H and O–H groups in total. The smallest absolute Gasteiger partial charge is 0.163 e. The zero-order chi connectivity index (χ0) is 19.4. The van der Waals surface area contributed by atoms with Gasteiger partial charge in [-0.15, -0.1) is 0 Å². The van der Waals surface area contributed by atoms with E-state index in [1.165, 1.54) is 6.42 Å². The van der Waals surface area contributed by atoms with Gasteiger partial charge in [0.05, 0.1) is 12.2 Å². The van der Waals surface area contributed by atoms with E-state index >= 15 is 0 Å². The molecule has 5 aliphatic rings. The van der Waals surface area contributed by atoms with E-state index < -0.39 is 11.9 Å². The number of ketones is 1. The second-order valence-electron chi connectivity index (χ2n) is 11.2. The van der Waals surface area contributed by atoms with Gasteiger partial charge in [0, 0.05) is 17.3 Å². The van der Waals surface area contributed by atoms with Crippen LogP contribution in [0.5, 0.6) is 0 Å². The zero-order valence-electron chi connectivity index (χ0n) is 17.5. The molecule has 5 fully saturated rings. The van der Waals surface area contributed by atoms with Crippen molar-refractivity contribution in [3.8, 4) is 0 Å². The summed E-state index contributed by atoms with van der Waals surface area (Å²) in [5.74, 6) is 2.32. The molecule has 1 heterocycles. The monoisotopic (exact) mass is 376 g/mol. The van der Waals surface area contributed by atoms with Gasteiger partial charge in [0.1, 0.15) is 11.9 Å². The van der Waals surface area contributed by atoms with Crippen LogP contribution in [0.3, 0.4) is 0 Å². The fourth-order valence-corrected chi connectivity index (χ4v) is 8.51. The maximum absolute atomic E-state index is 12.6. The summed E-state index contributed by atoms with van der Waals surface area (Å²) in [4.78, 5) is 12.6. The van der Waals surface area contributed by atoms with Gasteiger partial charge in [0.15, 0.2) is 5.79 Å². The summed E-state index contributed by atoms with van der Waals surface area (Å²) < 4.78 is 12.5. The molecule has 1 aliphatic heterocycles. The van der Waals surface area contributed by atoms with Gasteiger partial charge in [-0.2, -0.15) is 0 Å². The lowest BCUT2D eigenvalue weighted by Gasteiger charge is -2.63. The van der Waals surface area contributed by atoms with Gasteiger partial charge in [0.25, 0.3) is 0 Å². The molecule has 152 valence electrons. The van der Waals surface area contributed by atoms with Crippen LogP contribution in [0, 0.1) is 40.4 Å². The molecular weight excluding hydrogens is 340 g/mol. The highest BCUT2D eigenvalue weighted by atomic mass is 16.8. The molecule has 4 saturated carbocycles. The van der Waals surface area contributed by atoms with Crippen molar-refractivity contribution in [2.45, 2.75) is 97.2 Å². The molecule has 0 amide bonds. The summed E-state index contributed by atoms with van der Waals surface area (Å²) in [6.07, 6.45) is 5.52. The number of carbonyl (C=O) groups is 1. The van der Waals surface area contributed by atoms with Crippen molar-refractivity contribution in [1.82, 2.24) is 0 Å². The summed E-state index contributed by atoms with van der Waals surface area (Å²) in [6.45, 7) is 10.8. The lowest BCUT2D eigenvalue weighted by Crippen LogP contribution is -2.65. The summed E-state index contributed by atoms with van der Waals surface area (Å²) in [5, 5.41) is 11.6. The third-order valence-corrected chi connectivity index (χ3v) is 9.82. The summed E-state index contributed by atoms with van der Waals surface area (Å²) >= 11 is 0. The van der Waals surface area contributed by atoms with Gasteiger partial charge in [-0.3, -0.25) is 4.79 Å². The highest BCUT2D eigenvalue weighted by Crippen LogP contribution is 2.67. The maximum atomic E-state index is 12.6. The number of aliphatic hydroxyl groups is 1. The number of hydrogen-bond acceptors (Lipinski definition) is 4. The van der Waals surface area contributed by atoms with E-state index in [0.29, 0.717) is 35.4 Å². The van der Waals surface area contributed by atoms with Gasteiger partial charge < -0.3 is 14.6 Å². The second-order valence-corrected chi connectivity index (χ2v) is 11.2. The average Bonchev–Trinajstić information content (AvgIpc) is 3.09. The van der Waals surface area contributed by atoms with E-state index in [-0.39, 0.29) is 23.0 Å². The lowest BCUT2D eigenvalue weighted by atomic mass is 9.42. The molecule has 0 bridgehead atoms. The number of carbonyl (C=O) groups excluding carboxylic acids is 1. The standard InChI is InChI=1S/C23H36O4/c1-12-14-7-6-13-15-8-9-17(24)22(15,4)11-10-16(13)23(14,5)20(25)19-18(12)26-21(2,3)27-19/h12-16,18-20,25H,6-11H2,1-5H3/t12-,13-,14-,15-,16-,18+,19+,20-,22-,23-/m0/s1. The van der Waals surface area contributed by atoms with Crippen molar-refractivity contribution in [3.05, 3.63) is 0 Å². The number of Topliss-reactive ketones (excluding diaryl/α,β-unsaturated/α-hetero) is 1. The second kappa shape index (κ2) is 5.58. The van der Waals surface area contributed by atoms with E-state index in [2.05, 4.69) is 20.8 Å². The van der Waals surface area contributed by atoms with Crippen molar-refractivity contribution < 1.29 is 19.4 Å². The Hall–Kier alpha value is -0.450. The predicted molar refractivity (Wildman–Crippen MR) is 102 cm³/mol. The Morgan fingerprint density at radius 2 is 1.63 bits per heavy atom. The Balaban J connectivity index is 1.51. The first kappa shape index (κ1) is 18.6. The molecular formula is C23H36O4. The van der Waals surface area contributed by atoms with Crippen LogP contribution < -0.4 is 0 Å². The van der Waals surface area contributed by atoms with Gasteiger partial charge >= 0.3 is 0 Å². The van der Waals surface area contributed by atoms with Crippen molar-refractivity contribution in [1.29, 1.82) is 0 Å². The minimum atomic E-state index is -0.614. The van der Waals surface area contributed by atoms with Crippen LogP contribution in [-0.4, -0.2) is 35.0 Å². The van der Waals surface area contributed by atoms with Crippen molar-refractivity contribution in [2.24, 2.45) is 40.4 Å². The third kappa shape index (κ3) is 2.24. The van der Waals surface area contributed by atoms with Crippen LogP contribution in [0.15, 0.2) is 0 Å². The molecule has 4 nitrogen and oxygen atoms in total. The fourth-order valence-electron chi connectivity index (χ4n) is 8.51. The quantitative estimate of drug-likeness (QED) is 0.696. The molecule has 0 spiro atoms. The van der Waals surface area contributed by atoms with Crippen molar-refractivity contribution in [2.75, 3.05) is 0 Å². The van der Waals surface area contributed by atoms with Gasteiger partial charge in [0.2, 0.25) is 0 Å². The Morgan fingerprint density at radius 3 is 2.37 bits per heavy atom. The van der Waals surface area contributed by atoms with Crippen molar-refractivity contribution >= 4 is 5.78 Å². The van der Waals surface area contributed by atoms with E-state index in [1.54, 1.807) is 0 Å². The van der Waals surface area contributed by atoms with E-state index in [0.717, 1.165) is 32.1 Å². The SMILES string of the molecule is C[C@@H]1[C@H]2OC(C)(C)O[C@H]2[C@H](O)[C@@]2(C)[C@H]1CC[C@@H]1[C@@H]2CC[C@]2(C)C(=O)CC[C@@H]12. The molecule has 0 unspecified atom stereocenters. The Labute approximate surface area is 163 Å². The average molecular weight is 377 g/mol. The first-order valence-electron chi connectivity index (χ1n) is 11.2. The van der Waals surface area contributed by atoms with Gasteiger partial charge in [-0.1, -0.05) is 20.8 Å². The first-order chi connectivity index (χ1) is 12.6. The number of aliphatic hydroxyl groups excluding tert-OH is 1. The van der Waals surface area contributed by atoms with Crippen LogP contribution in [0.1, 0.15) is 73.1 Å². The van der Waals surface area contributed by atoms with Crippen LogP contribution in [0.2, 0.25) is 0 Å². The van der Waals surface area contributed by atoms with Crippen LogP contribution in [0.4, 0.5) is 0 Å². The van der Waals surface area contributed by atoms with Crippen LogP contribution >= 0.6 is 0 Å². The fraction of sp³-hybridized carbons (Fsp3) is 0.957. The van der Waals surface area contributed by atoms with Gasteiger partial charge in [-0.05, 0) is 75.5 Å². The summed E-state index contributed by atoms with van der Waals surface area (Å²) in [7, 11) is 0. The Kier molecular flexibility index (Phi) is 3.84. The predicted octanol–water partition coefficient (Wildman–Crippen LogP) is 3.95. The molecule has 4 aliphatic carbocycles. The minimum absolute atomic E-state index is 0.00783. The molecule has 0 radical (unpaired) electrons. The number of rotatable bonds is 0. The molecule has 5 rings (SSSR count). The normalized spacial score (nSPS) is 59.0. The molecule has 0 aromatic carbocycles. The largest absolute Gasteiger partial charge is 0.390 e. The number of hydrogen-bond donors (Lipinski definition) is 1. The van der Waals surface area contributed by atoms with Gasteiger partial charge in [-0.25, -0.2) is 0 Å². The highest BCUT2D eigenvalue weighted by Gasteiger charge is 2.67. The number of fused-ring (bicyclic) bond motifs is 6.